The molecule has 3 heteroatoms. The molecule has 8 heavy (non-hydrogen) atoms. The Morgan fingerprint density at radius 1 is 1.88 bits per heavy atom. The van der Waals surface area contributed by atoms with Gasteiger partial charge in [-0.3, -0.25) is 4.79 Å². The Morgan fingerprint density at radius 2 is 2.50 bits per heavy atom. The quantitative estimate of drug-likeness (QED) is 0.525. The summed E-state index contributed by atoms with van der Waals surface area (Å²) in [6.45, 7) is 2.26. The number of hydrogen-bond donors (Lipinski definition) is 1. The van der Waals surface area contributed by atoms with Gasteiger partial charge in [0.1, 0.15) is 6.61 Å². The van der Waals surface area contributed by atoms with Crippen LogP contribution in [0.3, 0.4) is 0 Å². The third kappa shape index (κ3) is 3.61. The van der Waals surface area contributed by atoms with Crippen LogP contribution in [0.15, 0.2) is 0 Å². The Bertz CT molecular complexity index is 62.7. The van der Waals surface area contributed by atoms with Crippen LogP contribution in [0.4, 0.5) is 0 Å². The summed E-state index contributed by atoms with van der Waals surface area (Å²) in [5.74, 6) is 0. The van der Waals surface area contributed by atoms with E-state index < -0.39 is 6.10 Å². The molecule has 0 bridgehead atoms. The first kappa shape index (κ1) is 7.43. The fraction of sp³-hybridized carbons (Fsp3) is 0.800. The highest BCUT2D eigenvalue weighted by molar-refractivity contribution is 5.36. The first-order valence-electron chi connectivity index (χ1n) is 2.54. The van der Waals surface area contributed by atoms with Crippen molar-refractivity contribution in [2.45, 2.75) is 19.4 Å². The zero-order valence-electron chi connectivity index (χ0n) is 4.83. The van der Waals surface area contributed by atoms with Gasteiger partial charge in [0.15, 0.2) is 0 Å². The molecule has 0 aromatic carbocycles. The van der Waals surface area contributed by atoms with Gasteiger partial charge >= 0.3 is 0 Å². The minimum Gasteiger partial charge on any atom is -0.465 e. The molecule has 1 atom stereocenters. The van der Waals surface area contributed by atoms with Crippen molar-refractivity contribution in [3.8, 4) is 0 Å². The lowest BCUT2D eigenvalue weighted by Crippen LogP contribution is -2.12. The summed E-state index contributed by atoms with van der Waals surface area (Å²) in [4.78, 5) is 9.49. The molecule has 0 aromatic heterocycles. The number of carbonyl (C=O) groups is 1. The van der Waals surface area contributed by atoms with Crippen molar-refractivity contribution < 1.29 is 14.6 Å². The second-order valence-electron chi connectivity index (χ2n) is 1.49. The molecule has 0 aliphatic carbocycles. The van der Waals surface area contributed by atoms with E-state index in [4.69, 9.17) is 5.11 Å². The number of hydrogen-bond acceptors (Lipinski definition) is 3. The predicted molar refractivity (Wildman–Crippen MR) is 28.3 cm³/mol. The van der Waals surface area contributed by atoms with Gasteiger partial charge in [0, 0.05) is 0 Å². The smallest absolute Gasteiger partial charge is 0.293 e. The molecule has 0 fully saturated rings. The molecule has 0 aliphatic rings. The standard InChI is InChI=1S/C5H10O3/c1-2-5(7)3-8-4-6/h4-5,7H,2-3H2,1H3/t5-/m1/s1. The maximum atomic E-state index is 9.49. The van der Waals surface area contributed by atoms with Crippen molar-refractivity contribution >= 4 is 6.47 Å². The topological polar surface area (TPSA) is 46.5 Å². The molecule has 0 heterocycles. The predicted octanol–water partition coefficient (Wildman–Crippen LogP) is -0.0697. The molecule has 0 amide bonds. The number of ether oxygens (including phenoxy) is 1. The highest BCUT2D eigenvalue weighted by Crippen LogP contribution is 1.87. The molecule has 0 aliphatic heterocycles. The lowest BCUT2D eigenvalue weighted by atomic mass is 10.3. The third-order valence-corrected chi connectivity index (χ3v) is 0.828. The van der Waals surface area contributed by atoms with E-state index in [0.717, 1.165) is 0 Å². The van der Waals surface area contributed by atoms with E-state index in [1.54, 1.807) is 0 Å². The maximum Gasteiger partial charge on any atom is 0.293 e. The number of aliphatic hydroxyl groups excluding tert-OH is 1. The number of carbonyl (C=O) groups excluding carboxylic acids is 1. The van der Waals surface area contributed by atoms with E-state index in [-0.39, 0.29) is 6.61 Å². The number of rotatable bonds is 4. The second-order valence-corrected chi connectivity index (χ2v) is 1.49. The lowest BCUT2D eigenvalue weighted by molar-refractivity contribution is -0.131. The van der Waals surface area contributed by atoms with E-state index in [1.165, 1.54) is 0 Å². The van der Waals surface area contributed by atoms with Crippen LogP contribution in [-0.4, -0.2) is 24.3 Å². The zero-order valence-corrected chi connectivity index (χ0v) is 4.83. The van der Waals surface area contributed by atoms with Gasteiger partial charge in [0.25, 0.3) is 6.47 Å². The van der Waals surface area contributed by atoms with Crippen LogP contribution >= 0.6 is 0 Å². The Balaban J connectivity index is 2.97. The largest absolute Gasteiger partial charge is 0.465 e. The molecule has 0 rings (SSSR count). The van der Waals surface area contributed by atoms with Gasteiger partial charge in [-0.2, -0.15) is 0 Å². The minimum atomic E-state index is -0.500. The summed E-state index contributed by atoms with van der Waals surface area (Å²) >= 11 is 0. The monoisotopic (exact) mass is 118 g/mol. The van der Waals surface area contributed by atoms with E-state index in [0.29, 0.717) is 12.9 Å². The van der Waals surface area contributed by atoms with Crippen LogP contribution in [0.25, 0.3) is 0 Å². The number of aliphatic hydroxyl groups is 1. The van der Waals surface area contributed by atoms with Crippen molar-refractivity contribution in [2.24, 2.45) is 0 Å². The molecule has 0 unspecified atom stereocenters. The Kier molecular flexibility index (Phi) is 4.26. The SMILES string of the molecule is CC[C@@H](O)COC=O. The van der Waals surface area contributed by atoms with Crippen molar-refractivity contribution in [3.05, 3.63) is 0 Å². The van der Waals surface area contributed by atoms with Gasteiger partial charge < -0.3 is 9.84 Å². The fourth-order valence-electron chi connectivity index (χ4n) is 0.268. The molecule has 0 radical (unpaired) electrons. The van der Waals surface area contributed by atoms with Crippen molar-refractivity contribution in [1.29, 1.82) is 0 Å². The van der Waals surface area contributed by atoms with Gasteiger partial charge in [0.2, 0.25) is 0 Å². The normalized spacial score (nSPS) is 12.8. The van der Waals surface area contributed by atoms with Gasteiger partial charge in [-0.15, -0.1) is 0 Å². The van der Waals surface area contributed by atoms with E-state index in [1.807, 2.05) is 6.92 Å². The highest BCUT2D eigenvalue weighted by Gasteiger charge is 1.97. The highest BCUT2D eigenvalue weighted by atomic mass is 16.5. The fourth-order valence-corrected chi connectivity index (χ4v) is 0.268. The van der Waals surface area contributed by atoms with Crippen LogP contribution in [0, 0.1) is 0 Å². The summed E-state index contributed by atoms with van der Waals surface area (Å²) in [5, 5.41) is 8.71. The van der Waals surface area contributed by atoms with Crippen LogP contribution < -0.4 is 0 Å². The molecule has 1 N–H and O–H groups in total. The molecular weight excluding hydrogens is 108 g/mol. The van der Waals surface area contributed by atoms with E-state index in [2.05, 4.69) is 4.74 Å². The van der Waals surface area contributed by atoms with Crippen molar-refractivity contribution in [2.75, 3.05) is 6.61 Å². The molecule has 48 valence electrons. The Morgan fingerprint density at radius 3 is 2.88 bits per heavy atom. The minimum absolute atomic E-state index is 0.111. The Labute approximate surface area is 48.3 Å². The van der Waals surface area contributed by atoms with Crippen molar-refractivity contribution in [3.63, 3.8) is 0 Å². The third-order valence-electron chi connectivity index (χ3n) is 0.828. The Hall–Kier alpha value is -0.570. The van der Waals surface area contributed by atoms with Gasteiger partial charge in [-0.05, 0) is 6.42 Å². The van der Waals surface area contributed by atoms with E-state index in [9.17, 15) is 4.79 Å². The molecule has 0 spiro atoms. The average Bonchev–Trinajstić information content (AvgIpc) is 1.83. The van der Waals surface area contributed by atoms with E-state index >= 15 is 0 Å². The molecule has 0 saturated heterocycles. The second kappa shape index (κ2) is 4.59. The molecular formula is C5H10O3. The summed E-state index contributed by atoms with van der Waals surface area (Å²) in [6, 6.07) is 0. The summed E-state index contributed by atoms with van der Waals surface area (Å²) in [5.41, 5.74) is 0. The average molecular weight is 118 g/mol. The molecule has 3 nitrogen and oxygen atoms in total. The van der Waals surface area contributed by atoms with Crippen LogP contribution in [0.1, 0.15) is 13.3 Å². The first-order chi connectivity index (χ1) is 3.81. The van der Waals surface area contributed by atoms with Crippen LogP contribution in [0.5, 0.6) is 0 Å². The lowest BCUT2D eigenvalue weighted by Gasteiger charge is -2.02. The van der Waals surface area contributed by atoms with Crippen LogP contribution in [0.2, 0.25) is 0 Å². The van der Waals surface area contributed by atoms with Gasteiger partial charge in [0.05, 0.1) is 6.10 Å². The van der Waals surface area contributed by atoms with Gasteiger partial charge in [-0.25, -0.2) is 0 Å². The summed E-state index contributed by atoms with van der Waals surface area (Å²) in [7, 11) is 0. The summed E-state index contributed by atoms with van der Waals surface area (Å²) in [6.07, 6.45) is 0.119. The molecule has 0 aromatic rings. The van der Waals surface area contributed by atoms with Crippen LogP contribution in [-0.2, 0) is 9.53 Å². The van der Waals surface area contributed by atoms with Crippen molar-refractivity contribution in [1.82, 2.24) is 0 Å². The first-order valence-corrected chi connectivity index (χ1v) is 2.54. The molecule has 0 saturated carbocycles. The zero-order chi connectivity index (χ0) is 6.41. The summed E-state index contributed by atoms with van der Waals surface area (Å²) < 4.78 is 4.26. The van der Waals surface area contributed by atoms with Gasteiger partial charge in [-0.1, -0.05) is 6.92 Å². The maximum absolute atomic E-state index is 9.49.